The highest BCUT2D eigenvalue weighted by Crippen LogP contribution is 2.32. The van der Waals surface area contributed by atoms with Gasteiger partial charge in [0.25, 0.3) is 11.3 Å². The molecule has 1 aromatic heterocycles. The Morgan fingerprint density at radius 1 is 1.12 bits per heavy atom. The number of nitrogens with zero attached hydrogens (tertiary/aromatic N) is 2. The van der Waals surface area contributed by atoms with Crippen molar-refractivity contribution in [3.8, 4) is 0 Å². The molecule has 1 aliphatic heterocycles. The molecule has 11 heteroatoms. The predicted molar refractivity (Wildman–Crippen MR) is 165 cm³/mol. The topological polar surface area (TPSA) is 120 Å². The molecule has 2 unspecified atom stereocenters. The zero-order valence-corrected chi connectivity index (χ0v) is 25.4. The van der Waals surface area contributed by atoms with Crippen LogP contribution < -0.4 is 14.9 Å². The molecule has 1 aliphatic rings. The van der Waals surface area contributed by atoms with Crippen molar-refractivity contribution in [1.82, 2.24) is 10.6 Å². The number of amides is 1. The van der Waals surface area contributed by atoms with Crippen LogP contribution in [-0.4, -0.2) is 51.3 Å². The van der Waals surface area contributed by atoms with Crippen molar-refractivity contribution in [2.75, 3.05) is 17.4 Å². The summed E-state index contributed by atoms with van der Waals surface area (Å²) in [6.07, 6.45) is 3.98. The van der Waals surface area contributed by atoms with Crippen molar-refractivity contribution in [1.29, 1.82) is 0 Å². The monoisotopic (exact) mass is 598 g/mol. The first-order chi connectivity index (χ1) is 19.6. The number of benzene rings is 2. The molecular weight excluding hydrogens is 560 g/mol. The summed E-state index contributed by atoms with van der Waals surface area (Å²) in [5, 5.41) is 7.58. The van der Waals surface area contributed by atoms with Crippen molar-refractivity contribution >= 4 is 56.9 Å². The normalized spacial score (nSPS) is 15.0. The Balaban J connectivity index is 1.45. The molecule has 0 saturated heterocycles. The number of aryl methyl sites for hydroxylation is 1. The minimum Gasteiger partial charge on any atom is -0.458 e. The molecule has 1 amide bonds. The van der Waals surface area contributed by atoms with Gasteiger partial charge in [-0.05, 0) is 70.0 Å². The highest BCUT2D eigenvalue weighted by Gasteiger charge is 2.35. The van der Waals surface area contributed by atoms with E-state index in [9.17, 15) is 18.4 Å². The number of esters is 1. The molecule has 0 radical (unpaired) electrons. The molecule has 3 aromatic rings. The Morgan fingerprint density at radius 3 is 2.61 bits per heavy atom. The summed E-state index contributed by atoms with van der Waals surface area (Å²) in [5.41, 5.74) is -0.271. The number of carbonyl (C=O) groups is 2. The Bertz CT molecular complexity index is 1410. The van der Waals surface area contributed by atoms with Crippen LogP contribution in [0.1, 0.15) is 56.2 Å². The molecule has 3 N–H and O–H groups in total. The highest BCUT2D eigenvalue weighted by atomic mass is 32.2. The van der Waals surface area contributed by atoms with Crippen LogP contribution in [0.2, 0.25) is 0 Å². The van der Waals surface area contributed by atoms with E-state index < -0.39 is 28.9 Å². The number of nitrogens with one attached hydrogen (secondary N) is 2. The van der Waals surface area contributed by atoms with Crippen LogP contribution in [0.3, 0.4) is 0 Å². The zero-order valence-electron chi connectivity index (χ0n) is 23.7. The van der Waals surface area contributed by atoms with Crippen LogP contribution >= 0.6 is 11.3 Å². The molecule has 0 saturated carbocycles. The number of thiophene rings is 1. The second-order valence-corrected chi connectivity index (χ2v) is 13.0. The number of fused-ring (bicyclic) bond motifs is 1. The fourth-order valence-corrected chi connectivity index (χ4v) is 6.45. The molecule has 0 bridgehead atoms. The summed E-state index contributed by atoms with van der Waals surface area (Å²) in [5.74, 6) is -0.0494. The van der Waals surface area contributed by atoms with Crippen LogP contribution in [0, 0.1) is 0 Å². The number of guanidine groups is 1. The zero-order chi connectivity index (χ0) is 29.4. The van der Waals surface area contributed by atoms with E-state index >= 15 is 0 Å². The van der Waals surface area contributed by atoms with Crippen molar-refractivity contribution in [3.63, 3.8) is 0 Å². The van der Waals surface area contributed by atoms with Crippen LogP contribution in [0.15, 0.2) is 59.6 Å². The maximum Gasteiger partial charge on any atom is 0.330 e. The summed E-state index contributed by atoms with van der Waals surface area (Å²) in [7, 11) is 0. The van der Waals surface area contributed by atoms with E-state index in [2.05, 4.69) is 15.6 Å². The number of hydrogen-bond acceptors (Lipinski definition) is 7. The lowest BCUT2D eigenvalue weighted by Gasteiger charge is -2.31. The Kier molecular flexibility index (Phi) is 10.5. The molecule has 4 rings (SSSR count). The van der Waals surface area contributed by atoms with E-state index in [-0.39, 0.29) is 12.3 Å². The first-order valence-electron chi connectivity index (χ1n) is 13.9. The predicted octanol–water partition coefficient (Wildman–Crippen LogP) is 4.98. The molecule has 2 heterocycles. The summed E-state index contributed by atoms with van der Waals surface area (Å²) in [4.78, 5) is 32.0. The summed E-state index contributed by atoms with van der Waals surface area (Å²) >= 11 is -0.916. The second-order valence-electron chi connectivity index (χ2n) is 10.9. The lowest BCUT2D eigenvalue weighted by atomic mass is 10.1. The van der Waals surface area contributed by atoms with Gasteiger partial charge in [0.1, 0.15) is 11.6 Å². The van der Waals surface area contributed by atoms with Crippen LogP contribution in [0.5, 0.6) is 0 Å². The van der Waals surface area contributed by atoms with Crippen LogP contribution in [0.25, 0.3) is 10.8 Å². The van der Waals surface area contributed by atoms with Gasteiger partial charge >= 0.3 is 5.97 Å². The SMILES string of the molecule is CC(C)(C)OC(=O)C(Cc1ccc(CCCCC(=O)NC2=NCCCN2)s1)N(c1cccc2ccccc12)S(=O)O. The molecule has 2 aromatic carbocycles. The molecule has 220 valence electrons. The number of unbranched alkanes of at least 4 members (excludes halogenated alkanes) is 1. The lowest BCUT2D eigenvalue weighted by molar-refractivity contribution is -0.156. The van der Waals surface area contributed by atoms with Gasteiger partial charge in [0.2, 0.25) is 5.91 Å². The van der Waals surface area contributed by atoms with Gasteiger partial charge in [-0.3, -0.25) is 24.0 Å². The van der Waals surface area contributed by atoms with E-state index in [4.69, 9.17) is 4.74 Å². The van der Waals surface area contributed by atoms with Gasteiger partial charge in [0.15, 0.2) is 5.96 Å². The maximum atomic E-state index is 13.5. The van der Waals surface area contributed by atoms with Gasteiger partial charge < -0.3 is 10.1 Å². The lowest BCUT2D eigenvalue weighted by Crippen LogP contribution is -2.46. The molecule has 9 nitrogen and oxygen atoms in total. The highest BCUT2D eigenvalue weighted by molar-refractivity contribution is 7.80. The van der Waals surface area contributed by atoms with Crippen LogP contribution in [-0.2, 0) is 38.4 Å². The van der Waals surface area contributed by atoms with E-state index in [1.54, 1.807) is 38.2 Å². The minimum atomic E-state index is -2.48. The van der Waals surface area contributed by atoms with Gasteiger partial charge in [0, 0.05) is 41.1 Å². The summed E-state index contributed by atoms with van der Waals surface area (Å²) in [6, 6.07) is 16.0. The van der Waals surface area contributed by atoms with E-state index in [1.165, 1.54) is 4.31 Å². The van der Waals surface area contributed by atoms with Crippen molar-refractivity contribution in [2.45, 2.75) is 70.9 Å². The molecule has 0 spiro atoms. The van der Waals surface area contributed by atoms with Gasteiger partial charge in [-0.25, -0.2) is 9.00 Å². The summed E-state index contributed by atoms with van der Waals surface area (Å²) < 4.78 is 30.2. The number of ether oxygens (including phenoxy) is 1. The largest absolute Gasteiger partial charge is 0.458 e. The fraction of sp³-hybridized carbons (Fsp3) is 0.433. The first kappa shape index (κ1) is 30.7. The maximum absolute atomic E-state index is 13.5. The third-order valence-electron chi connectivity index (χ3n) is 6.48. The number of rotatable bonds is 11. The quantitative estimate of drug-likeness (QED) is 0.163. The van der Waals surface area contributed by atoms with Crippen molar-refractivity contribution < 1.29 is 23.1 Å². The molecular formula is C30H38N4O5S2. The average molecular weight is 599 g/mol. The first-order valence-corrected chi connectivity index (χ1v) is 15.8. The van der Waals surface area contributed by atoms with Gasteiger partial charge in [-0.1, -0.05) is 36.4 Å². The number of hydrogen-bond donors (Lipinski definition) is 3. The minimum absolute atomic E-state index is 0.0456. The molecule has 0 fully saturated rings. The van der Waals surface area contributed by atoms with Crippen molar-refractivity contribution in [2.24, 2.45) is 4.99 Å². The standard InChI is InChI=1S/C30H38N4O5S2/c1-30(2,3)39-28(36)26(34(41(37)38)25-14-8-11-21-10-4-6-13-24(21)25)20-23-17-16-22(40-23)12-5-7-15-27(35)33-29-31-18-9-19-32-29/h4,6,8,10-11,13-14,16-17,26H,5,7,9,12,15,18-20H2,1-3H3,(H,37,38)(H2,31,32,33,35). The second kappa shape index (κ2) is 14.1. The van der Waals surface area contributed by atoms with E-state index in [0.717, 1.165) is 59.3 Å². The Morgan fingerprint density at radius 2 is 1.88 bits per heavy atom. The Labute approximate surface area is 247 Å². The molecule has 41 heavy (non-hydrogen) atoms. The molecule has 2 atom stereocenters. The smallest absolute Gasteiger partial charge is 0.330 e. The number of anilines is 1. The van der Waals surface area contributed by atoms with Gasteiger partial charge in [0.05, 0.1) is 5.69 Å². The van der Waals surface area contributed by atoms with E-state index in [0.29, 0.717) is 18.1 Å². The van der Waals surface area contributed by atoms with Crippen LogP contribution in [0.4, 0.5) is 5.69 Å². The summed E-state index contributed by atoms with van der Waals surface area (Å²) in [6.45, 7) is 6.89. The number of aliphatic imine (C=N–C) groups is 1. The fourth-order valence-electron chi connectivity index (χ4n) is 4.65. The number of carbonyl (C=O) groups excluding carboxylic acids is 2. The third kappa shape index (κ3) is 8.85. The van der Waals surface area contributed by atoms with Gasteiger partial charge in [-0.2, -0.15) is 0 Å². The van der Waals surface area contributed by atoms with E-state index in [1.807, 2.05) is 48.5 Å². The Hall–Kier alpha value is -3.28. The van der Waals surface area contributed by atoms with Crippen molar-refractivity contribution in [3.05, 3.63) is 64.4 Å². The van der Waals surface area contributed by atoms with Gasteiger partial charge in [-0.15, -0.1) is 11.3 Å². The molecule has 0 aliphatic carbocycles. The third-order valence-corrected chi connectivity index (χ3v) is 8.43. The average Bonchev–Trinajstić information content (AvgIpc) is 3.37.